The van der Waals surface area contributed by atoms with Crippen molar-refractivity contribution in [1.29, 1.82) is 0 Å². The smallest absolute Gasteiger partial charge is 0.223 e. The predicted octanol–water partition coefficient (Wildman–Crippen LogP) is 3.74. The Morgan fingerprint density at radius 3 is 2.59 bits per heavy atom. The summed E-state index contributed by atoms with van der Waals surface area (Å²) in [6.07, 6.45) is 4.69. The largest absolute Gasteiger partial charge is 0.355 e. The monoisotopic (exact) mass is 303 g/mol. The molecule has 0 aromatic carbocycles. The molecule has 0 saturated heterocycles. The van der Waals surface area contributed by atoms with E-state index in [9.17, 15) is 4.79 Å². The van der Waals surface area contributed by atoms with Crippen LogP contribution in [0.5, 0.6) is 0 Å². The standard InChI is InChI=1S/C14H26BrNO/c1-13(2,9-15)10-16-12(17)11-7-5-6-8-14(11,3)4/h11H,5-10H2,1-4H3,(H,16,17). The third-order valence-corrected chi connectivity index (χ3v) is 5.44. The summed E-state index contributed by atoms with van der Waals surface area (Å²) in [5.74, 6) is 0.450. The van der Waals surface area contributed by atoms with Crippen molar-refractivity contribution in [3.05, 3.63) is 0 Å². The van der Waals surface area contributed by atoms with Crippen LogP contribution in [0.4, 0.5) is 0 Å². The van der Waals surface area contributed by atoms with Gasteiger partial charge < -0.3 is 5.32 Å². The van der Waals surface area contributed by atoms with Crippen molar-refractivity contribution in [1.82, 2.24) is 5.32 Å². The van der Waals surface area contributed by atoms with Gasteiger partial charge >= 0.3 is 0 Å². The predicted molar refractivity (Wildman–Crippen MR) is 76.3 cm³/mol. The molecule has 3 heteroatoms. The molecule has 1 N–H and O–H groups in total. The maximum atomic E-state index is 12.2. The van der Waals surface area contributed by atoms with Crippen molar-refractivity contribution < 1.29 is 4.79 Å². The topological polar surface area (TPSA) is 29.1 Å². The molecule has 100 valence electrons. The molecule has 1 unspecified atom stereocenters. The van der Waals surface area contributed by atoms with Gasteiger partial charge in [0.05, 0.1) is 0 Å². The van der Waals surface area contributed by atoms with Crippen LogP contribution in [0.2, 0.25) is 0 Å². The highest BCUT2D eigenvalue weighted by molar-refractivity contribution is 9.09. The summed E-state index contributed by atoms with van der Waals surface area (Å²) in [5, 5.41) is 4.04. The second kappa shape index (κ2) is 5.73. The van der Waals surface area contributed by atoms with E-state index >= 15 is 0 Å². The van der Waals surface area contributed by atoms with Gasteiger partial charge in [-0.3, -0.25) is 4.79 Å². The molecule has 17 heavy (non-hydrogen) atoms. The van der Waals surface area contributed by atoms with Gasteiger partial charge in [-0.25, -0.2) is 0 Å². The third-order valence-electron chi connectivity index (χ3n) is 3.93. The van der Waals surface area contributed by atoms with E-state index in [0.717, 1.165) is 18.3 Å². The highest BCUT2D eigenvalue weighted by atomic mass is 79.9. The minimum Gasteiger partial charge on any atom is -0.355 e. The van der Waals surface area contributed by atoms with Gasteiger partial charge in [-0.1, -0.05) is 56.5 Å². The van der Waals surface area contributed by atoms with Gasteiger partial charge in [-0.05, 0) is 23.7 Å². The van der Waals surface area contributed by atoms with E-state index in [-0.39, 0.29) is 22.7 Å². The normalized spacial score (nSPS) is 24.4. The van der Waals surface area contributed by atoms with Crippen LogP contribution in [-0.2, 0) is 4.79 Å². The van der Waals surface area contributed by atoms with Crippen LogP contribution in [0.3, 0.4) is 0 Å². The zero-order chi connectivity index (χ0) is 13.1. The van der Waals surface area contributed by atoms with Gasteiger partial charge in [0, 0.05) is 17.8 Å². The van der Waals surface area contributed by atoms with Crippen LogP contribution in [0.25, 0.3) is 0 Å². The quantitative estimate of drug-likeness (QED) is 0.788. The number of carbonyl (C=O) groups excluding carboxylic acids is 1. The van der Waals surface area contributed by atoms with Gasteiger partial charge in [-0.15, -0.1) is 0 Å². The molecule has 0 heterocycles. The second-order valence-electron chi connectivity index (χ2n) is 6.80. The highest BCUT2D eigenvalue weighted by Gasteiger charge is 2.37. The Balaban J connectivity index is 2.52. The van der Waals surface area contributed by atoms with Crippen molar-refractivity contribution in [3.8, 4) is 0 Å². The van der Waals surface area contributed by atoms with E-state index in [2.05, 4.69) is 48.9 Å². The fourth-order valence-corrected chi connectivity index (χ4v) is 2.68. The van der Waals surface area contributed by atoms with Gasteiger partial charge in [0.25, 0.3) is 0 Å². The molecule has 1 aliphatic carbocycles. The van der Waals surface area contributed by atoms with Crippen LogP contribution in [0, 0.1) is 16.7 Å². The summed E-state index contributed by atoms with van der Waals surface area (Å²) >= 11 is 3.49. The number of halogens is 1. The number of carbonyl (C=O) groups is 1. The maximum Gasteiger partial charge on any atom is 0.223 e. The number of nitrogens with one attached hydrogen (secondary N) is 1. The van der Waals surface area contributed by atoms with Crippen molar-refractivity contribution in [2.45, 2.75) is 53.4 Å². The molecular formula is C14H26BrNO. The molecular weight excluding hydrogens is 278 g/mol. The Morgan fingerprint density at radius 1 is 1.41 bits per heavy atom. The van der Waals surface area contributed by atoms with Gasteiger partial charge in [0.2, 0.25) is 5.91 Å². The zero-order valence-corrected chi connectivity index (χ0v) is 13.2. The first-order valence-electron chi connectivity index (χ1n) is 6.62. The third kappa shape index (κ3) is 4.27. The summed E-state index contributed by atoms with van der Waals surface area (Å²) in [7, 11) is 0. The van der Waals surface area contributed by atoms with Crippen molar-refractivity contribution >= 4 is 21.8 Å². The van der Waals surface area contributed by atoms with E-state index < -0.39 is 0 Å². The van der Waals surface area contributed by atoms with Crippen molar-refractivity contribution in [2.75, 3.05) is 11.9 Å². The molecule has 2 nitrogen and oxygen atoms in total. The zero-order valence-electron chi connectivity index (χ0n) is 11.6. The van der Waals surface area contributed by atoms with Crippen molar-refractivity contribution in [2.24, 2.45) is 16.7 Å². The second-order valence-corrected chi connectivity index (χ2v) is 7.36. The lowest BCUT2D eigenvalue weighted by Crippen LogP contribution is -2.44. The molecule has 0 aliphatic heterocycles. The molecule has 1 atom stereocenters. The van der Waals surface area contributed by atoms with Crippen LogP contribution in [0.15, 0.2) is 0 Å². The van der Waals surface area contributed by atoms with E-state index in [1.54, 1.807) is 0 Å². The maximum absolute atomic E-state index is 12.2. The van der Waals surface area contributed by atoms with E-state index in [4.69, 9.17) is 0 Å². The molecule has 0 aromatic heterocycles. The Labute approximate surface area is 114 Å². The van der Waals surface area contributed by atoms with Crippen LogP contribution in [-0.4, -0.2) is 17.8 Å². The van der Waals surface area contributed by atoms with Crippen LogP contribution >= 0.6 is 15.9 Å². The molecule has 1 saturated carbocycles. The van der Waals surface area contributed by atoms with Gasteiger partial charge in [0.15, 0.2) is 0 Å². The number of hydrogen-bond donors (Lipinski definition) is 1. The molecule has 0 radical (unpaired) electrons. The summed E-state index contributed by atoms with van der Waals surface area (Å²) in [4.78, 5) is 12.2. The molecule has 0 bridgehead atoms. The fraction of sp³-hybridized carbons (Fsp3) is 0.929. The highest BCUT2D eigenvalue weighted by Crippen LogP contribution is 2.40. The molecule has 1 aliphatic rings. The van der Waals surface area contributed by atoms with E-state index in [1.807, 2.05) is 0 Å². The Hall–Kier alpha value is -0.0500. The average Bonchev–Trinajstić information content (AvgIpc) is 2.25. The first-order valence-corrected chi connectivity index (χ1v) is 7.74. The number of amides is 1. The average molecular weight is 304 g/mol. The summed E-state index contributed by atoms with van der Waals surface area (Å²) in [6.45, 7) is 9.53. The molecule has 0 spiro atoms. The number of rotatable bonds is 4. The van der Waals surface area contributed by atoms with Crippen LogP contribution < -0.4 is 5.32 Å². The van der Waals surface area contributed by atoms with Gasteiger partial charge in [-0.2, -0.15) is 0 Å². The Bertz CT molecular complexity index is 273. The number of hydrogen-bond acceptors (Lipinski definition) is 1. The lowest BCUT2D eigenvalue weighted by molar-refractivity contribution is -0.130. The molecule has 1 amide bonds. The molecule has 1 rings (SSSR count). The van der Waals surface area contributed by atoms with E-state index in [1.165, 1.54) is 19.3 Å². The van der Waals surface area contributed by atoms with Gasteiger partial charge in [0.1, 0.15) is 0 Å². The van der Waals surface area contributed by atoms with E-state index in [0.29, 0.717) is 0 Å². The molecule has 0 aromatic rings. The molecule has 1 fully saturated rings. The van der Waals surface area contributed by atoms with Crippen LogP contribution in [0.1, 0.15) is 53.4 Å². The Morgan fingerprint density at radius 2 is 2.06 bits per heavy atom. The first kappa shape index (κ1) is 15.0. The van der Waals surface area contributed by atoms with Crippen molar-refractivity contribution in [3.63, 3.8) is 0 Å². The summed E-state index contributed by atoms with van der Waals surface area (Å²) in [5.41, 5.74) is 0.301. The summed E-state index contributed by atoms with van der Waals surface area (Å²) in [6, 6.07) is 0. The minimum absolute atomic E-state index is 0.133. The lowest BCUT2D eigenvalue weighted by Gasteiger charge is -2.38. The SMILES string of the molecule is CC(C)(CBr)CNC(=O)C1CCCCC1(C)C. The fourth-order valence-electron chi connectivity index (χ4n) is 2.48. The summed E-state index contributed by atoms with van der Waals surface area (Å²) < 4.78 is 0. The first-order chi connectivity index (χ1) is 7.78. The number of alkyl halides is 1. The lowest BCUT2D eigenvalue weighted by atomic mass is 9.68. The minimum atomic E-state index is 0.133. The Kier molecular flexibility index (Phi) is 5.06.